The molecule has 2 heterocycles. The van der Waals surface area contributed by atoms with Gasteiger partial charge in [-0.1, -0.05) is 61.0 Å². The van der Waals surface area contributed by atoms with Crippen molar-refractivity contribution in [3.63, 3.8) is 0 Å². The standard InChI is InChI=1S/C33H40N4O4S/c1-7-23-17-24-11-9-10-12-29(24)42(40,41)36(19-23)20-26-18-25(14-13-21(26)3)30(33(5,6)32(38)39)27-15-16-28-31(22(27)4)34-35-37(28)8-2/h9-16,18,23,30H,7-8,17,19-20H2,1-6H3,(H,38,39)/t23-,30?/m0/s1. The number of aromatic nitrogens is 3. The van der Waals surface area contributed by atoms with Gasteiger partial charge in [-0.3, -0.25) is 4.79 Å². The number of rotatable bonds is 8. The lowest BCUT2D eigenvalue weighted by Gasteiger charge is -2.33. The average molecular weight is 589 g/mol. The third-order valence-corrected chi connectivity index (χ3v) is 11.0. The molecule has 0 bridgehead atoms. The number of carboxylic acids is 1. The molecule has 0 aliphatic carbocycles. The molecule has 1 aliphatic heterocycles. The Labute approximate surface area is 248 Å². The van der Waals surface area contributed by atoms with E-state index in [-0.39, 0.29) is 12.5 Å². The van der Waals surface area contributed by atoms with Crippen LogP contribution in [0.3, 0.4) is 0 Å². The fourth-order valence-electron chi connectivity index (χ4n) is 6.32. The van der Waals surface area contributed by atoms with Gasteiger partial charge in [-0.05, 0) is 92.5 Å². The third kappa shape index (κ3) is 5.13. The van der Waals surface area contributed by atoms with Crippen LogP contribution in [0.5, 0.6) is 0 Å². The van der Waals surface area contributed by atoms with E-state index in [1.54, 1.807) is 30.3 Å². The molecular weight excluding hydrogens is 548 g/mol. The highest BCUT2D eigenvalue weighted by Crippen LogP contribution is 2.44. The number of nitrogens with zero attached hydrogens (tertiary/aromatic N) is 4. The largest absolute Gasteiger partial charge is 0.481 e. The Balaban J connectivity index is 1.62. The van der Waals surface area contributed by atoms with Gasteiger partial charge in [0.25, 0.3) is 0 Å². The molecule has 42 heavy (non-hydrogen) atoms. The van der Waals surface area contributed by atoms with Gasteiger partial charge < -0.3 is 5.11 Å². The molecule has 8 nitrogen and oxygen atoms in total. The van der Waals surface area contributed by atoms with Crippen LogP contribution in [-0.4, -0.2) is 45.3 Å². The zero-order chi connectivity index (χ0) is 30.4. The second-order valence-electron chi connectivity index (χ2n) is 12.1. The van der Waals surface area contributed by atoms with Gasteiger partial charge in [0.05, 0.1) is 15.8 Å². The smallest absolute Gasteiger partial charge is 0.310 e. The first-order valence-corrected chi connectivity index (χ1v) is 16.1. The van der Waals surface area contributed by atoms with Crippen molar-refractivity contribution >= 4 is 27.0 Å². The van der Waals surface area contributed by atoms with Gasteiger partial charge in [-0.15, -0.1) is 5.10 Å². The Hall–Kier alpha value is -3.56. The molecule has 222 valence electrons. The summed E-state index contributed by atoms with van der Waals surface area (Å²) in [4.78, 5) is 13.1. The zero-order valence-electron chi connectivity index (χ0n) is 25.3. The highest BCUT2D eigenvalue weighted by molar-refractivity contribution is 7.89. The molecule has 0 spiro atoms. The molecule has 9 heteroatoms. The van der Waals surface area contributed by atoms with Crippen LogP contribution in [0.25, 0.3) is 11.0 Å². The predicted octanol–water partition coefficient (Wildman–Crippen LogP) is 6.08. The minimum Gasteiger partial charge on any atom is -0.481 e. The van der Waals surface area contributed by atoms with Crippen molar-refractivity contribution in [1.29, 1.82) is 0 Å². The molecular formula is C33H40N4O4S. The topological polar surface area (TPSA) is 105 Å². The normalized spacial score (nSPS) is 18.0. The maximum atomic E-state index is 13.9. The average Bonchev–Trinajstić information content (AvgIpc) is 3.34. The molecule has 0 fully saturated rings. The van der Waals surface area contributed by atoms with E-state index < -0.39 is 27.3 Å². The maximum absolute atomic E-state index is 13.9. The minimum absolute atomic E-state index is 0.205. The van der Waals surface area contributed by atoms with Crippen LogP contribution >= 0.6 is 0 Å². The van der Waals surface area contributed by atoms with E-state index in [4.69, 9.17) is 0 Å². The molecule has 1 aromatic heterocycles. The Kier molecular flexibility index (Phi) is 8.02. The van der Waals surface area contributed by atoms with Crippen molar-refractivity contribution in [3.05, 3.63) is 88.0 Å². The second-order valence-corrected chi connectivity index (χ2v) is 14.0. The lowest BCUT2D eigenvalue weighted by atomic mass is 9.69. The van der Waals surface area contributed by atoms with Crippen molar-refractivity contribution < 1.29 is 18.3 Å². The summed E-state index contributed by atoms with van der Waals surface area (Å²) in [5.74, 6) is -1.21. The zero-order valence-corrected chi connectivity index (χ0v) is 26.1. The first-order chi connectivity index (χ1) is 19.9. The summed E-state index contributed by atoms with van der Waals surface area (Å²) in [6, 6.07) is 17.2. The molecule has 3 aromatic carbocycles. The predicted molar refractivity (Wildman–Crippen MR) is 164 cm³/mol. The van der Waals surface area contributed by atoms with Crippen LogP contribution in [0.1, 0.15) is 73.4 Å². The molecule has 4 aromatic rings. The van der Waals surface area contributed by atoms with E-state index in [1.165, 1.54) is 0 Å². The van der Waals surface area contributed by atoms with Crippen LogP contribution in [0.4, 0.5) is 0 Å². The van der Waals surface area contributed by atoms with Crippen LogP contribution in [0.15, 0.2) is 59.5 Å². The maximum Gasteiger partial charge on any atom is 0.310 e. The number of fused-ring (bicyclic) bond motifs is 2. The summed E-state index contributed by atoms with van der Waals surface area (Å²) in [7, 11) is -3.71. The molecule has 5 rings (SSSR count). The number of carbonyl (C=O) groups is 1. The minimum atomic E-state index is -3.71. The fourth-order valence-corrected chi connectivity index (χ4v) is 8.04. The van der Waals surface area contributed by atoms with Gasteiger partial charge in [0.2, 0.25) is 10.0 Å². The molecule has 0 radical (unpaired) electrons. The summed E-state index contributed by atoms with van der Waals surface area (Å²) in [5, 5.41) is 19.1. The van der Waals surface area contributed by atoms with E-state index in [9.17, 15) is 18.3 Å². The van der Waals surface area contributed by atoms with Crippen LogP contribution in [-0.2, 0) is 34.3 Å². The molecule has 0 amide bonds. The van der Waals surface area contributed by atoms with Crippen LogP contribution in [0.2, 0.25) is 0 Å². The summed E-state index contributed by atoms with van der Waals surface area (Å²) >= 11 is 0. The molecule has 0 saturated heterocycles. The lowest BCUT2D eigenvalue weighted by molar-refractivity contribution is -0.147. The number of benzene rings is 3. The van der Waals surface area contributed by atoms with Gasteiger partial charge in [0.15, 0.2) is 0 Å². The van der Waals surface area contributed by atoms with Crippen LogP contribution < -0.4 is 0 Å². The Morgan fingerprint density at radius 3 is 2.52 bits per heavy atom. The van der Waals surface area contributed by atoms with Gasteiger partial charge >= 0.3 is 5.97 Å². The number of carboxylic acid groups (broad SMARTS) is 1. The SMILES string of the molecule is CC[C@H]1Cc2ccccc2S(=O)(=O)N(Cc2cc(C(c3ccc4c(nnn4CC)c3C)C(C)(C)C(=O)O)ccc2C)C1. The molecule has 2 atom stereocenters. The Morgan fingerprint density at radius 1 is 1.10 bits per heavy atom. The number of hydrogen-bond donors (Lipinski definition) is 1. The van der Waals surface area contributed by atoms with Crippen molar-refractivity contribution in [2.24, 2.45) is 11.3 Å². The van der Waals surface area contributed by atoms with Crippen molar-refractivity contribution in [2.45, 2.75) is 78.3 Å². The Bertz CT molecular complexity index is 1760. The van der Waals surface area contributed by atoms with Gasteiger partial charge in [-0.2, -0.15) is 4.31 Å². The number of sulfonamides is 1. The molecule has 0 saturated carbocycles. The summed E-state index contributed by atoms with van der Waals surface area (Å²) in [5.41, 5.74) is 5.80. The lowest BCUT2D eigenvalue weighted by Crippen LogP contribution is -2.34. The third-order valence-electron chi connectivity index (χ3n) is 9.06. The number of hydrogen-bond acceptors (Lipinski definition) is 5. The van der Waals surface area contributed by atoms with E-state index >= 15 is 0 Å². The Morgan fingerprint density at radius 2 is 1.83 bits per heavy atom. The molecule has 1 N–H and O–H groups in total. The molecule has 1 unspecified atom stereocenters. The van der Waals surface area contributed by atoms with E-state index in [1.807, 2.05) is 67.9 Å². The van der Waals surface area contributed by atoms with E-state index in [0.29, 0.717) is 18.0 Å². The van der Waals surface area contributed by atoms with Gasteiger partial charge in [-0.25, -0.2) is 13.1 Å². The first-order valence-electron chi connectivity index (χ1n) is 14.6. The number of aliphatic carboxylic acids is 1. The van der Waals surface area contributed by atoms with E-state index in [0.717, 1.165) is 57.3 Å². The quantitative estimate of drug-likeness (QED) is 0.267. The first kappa shape index (κ1) is 29.9. The summed E-state index contributed by atoms with van der Waals surface area (Å²) in [6.07, 6.45) is 1.60. The highest BCUT2D eigenvalue weighted by Gasteiger charge is 2.40. The fraction of sp³-hybridized carbons (Fsp3) is 0.424. The van der Waals surface area contributed by atoms with Crippen molar-refractivity contribution in [3.8, 4) is 0 Å². The second kappa shape index (κ2) is 11.3. The van der Waals surface area contributed by atoms with Crippen molar-refractivity contribution in [1.82, 2.24) is 19.3 Å². The van der Waals surface area contributed by atoms with Gasteiger partial charge in [0.1, 0.15) is 5.52 Å². The number of aryl methyl sites for hydroxylation is 3. The monoisotopic (exact) mass is 588 g/mol. The van der Waals surface area contributed by atoms with Crippen molar-refractivity contribution in [2.75, 3.05) is 6.54 Å². The highest BCUT2D eigenvalue weighted by atomic mass is 32.2. The molecule has 1 aliphatic rings. The van der Waals surface area contributed by atoms with E-state index in [2.05, 4.69) is 17.2 Å². The summed E-state index contributed by atoms with van der Waals surface area (Å²) < 4.78 is 31.3. The van der Waals surface area contributed by atoms with Crippen LogP contribution in [0, 0.1) is 25.2 Å². The summed E-state index contributed by atoms with van der Waals surface area (Å²) in [6.45, 7) is 12.9. The van der Waals surface area contributed by atoms with Gasteiger partial charge in [0, 0.05) is 25.6 Å².